The van der Waals surface area contributed by atoms with Gasteiger partial charge in [0.15, 0.2) is 0 Å². The molecule has 1 aliphatic carbocycles. The number of hydrogen-bond donors (Lipinski definition) is 1. The summed E-state index contributed by atoms with van der Waals surface area (Å²) in [5, 5.41) is 4.57. The molecule has 0 radical (unpaired) electrons. The van der Waals surface area contributed by atoms with Gasteiger partial charge in [-0.3, -0.25) is 4.90 Å². The third kappa shape index (κ3) is 3.49. The van der Waals surface area contributed by atoms with Crippen molar-refractivity contribution in [1.82, 2.24) is 14.2 Å². The summed E-state index contributed by atoms with van der Waals surface area (Å²) in [6.45, 7) is 6.02. The van der Waals surface area contributed by atoms with E-state index >= 15 is 0 Å². The molecule has 1 aromatic carbocycles. The molecule has 166 valence electrons. The van der Waals surface area contributed by atoms with Gasteiger partial charge in [0.1, 0.15) is 4.75 Å². The monoisotopic (exact) mass is 439 g/mol. The predicted molar refractivity (Wildman–Crippen MR) is 127 cm³/mol. The van der Waals surface area contributed by atoms with Crippen molar-refractivity contribution in [3.8, 4) is 0 Å². The molecule has 3 aliphatic rings. The molecule has 0 amide bonds. The summed E-state index contributed by atoms with van der Waals surface area (Å²) < 4.78 is 27.8. The van der Waals surface area contributed by atoms with Crippen LogP contribution in [0.2, 0.25) is 0 Å². The minimum absolute atomic E-state index is 0.299. The van der Waals surface area contributed by atoms with Crippen LogP contribution in [-0.2, 0) is 16.6 Å². The number of fused-ring (bicyclic) bond motifs is 1. The summed E-state index contributed by atoms with van der Waals surface area (Å²) in [6, 6.07) is 8.13. The van der Waals surface area contributed by atoms with Crippen molar-refractivity contribution < 1.29 is 8.42 Å². The fourth-order valence-electron chi connectivity index (χ4n) is 5.74. The number of aromatic nitrogens is 1. The van der Waals surface area contributed by atoms with Gasteiger partial charge < -0.3 is 5.32 Å². The van der Waals surface area contributed by atoms with E-state index in [2.05, 4.69) is 16.3 Å². The lowest BCUT2D eigenvalue weighted by Crippen LogP contribution is -2.56. The molecule has 1 unspecified atom stereocenters. The van der Waals surface area contributed by atoms with E-state index in [0.717, 1.165) is 37.1 Å². The van der Waals surface area contributed by atoms with Crippen molar-refractivity contribution in [2.45, 2.75) is 62.3 Å². The van der Waals surface area contributed by atoms with E-state index in [9.17, 15) is 8.42 Å². The van der Waals surface area contributed by atoms with E-state index in [1.54, 1.807) is 6.20 Å². The first-order valence-corrected chi connectivity index (χ1v) is 13.0. The number of benzene rings is 1. The Bertz CT molecular complexity index is 1120. The third-order valence-electron chi connectivity index (χ3n) is 7.74. The van der Waals surface area contributed by atoms with Crippen LogP contribution in [0.5, 0.6) is 0 Å². The second kappa shape index (κ2) is 7.91. The highest BCUT2D eigenvalue weighted by molar-refractivity contribution is 7.91. The maximum atomic E-state index is 13.6. The average molecular weight is 440 g/mol. The van der Waals surface area contributed by atoms with E-state index in [1.165, 1.54) is 41.6 Å². The van der Waals surface area contributed by atoms with Crippen molar-refractivity contribution in [2.24, 2.45) is 0 Å². The summed E-state index contributed by atoms with van der Waals surface area (Å²) in [7, 11) is -3.56. The minimum atomic E-state index is -3.56. The van der Waals surface area contributed by atoms with E-state index < -0.39 is 14.8 Å². The molecule has 5 rings (SSSR count). The number of allylic oxidation sites excluding steroid dienone is 3. The van der Waals surface area contributed by atoms with Crippen LogP contribution in [-0.4, -0.2) is 47.2 Å². The fraction of sp³-hybridized carbons (Fsp3) is 0.520. The predicted octanol–water partition coefficient (Wildman–Crippen LogP) is 4.20. The van der Waals surface area contributed by atoms with Gasteiger partial charge in [-0.15, -0.1) is 0 Å². The highest BCUT2D eigenvalue weighted by Crippen LogP contribution is 2.38. The van der Waals surface area contributed by atoms with Gasteiger partial charge in [-0.2, -0.15) is 0 Å². The van der Waals surface area contributed by atoms with Crippen LogP contribution >= 0.6 is 0 Å². The molecule has 1 N–H and O–H groups in total. The molecule has 2 aliphatic heterocycles. The number of hydrogen-bond acceptors (Lipinski definition) is 4. The molecule has 6 heteroatoms. The van der Waals surface area contributed by atoms with Crippen molar-refractivity contribution in [3.63, 3.8) is 0 Å². The van der Waals surface area contributed by atoms with Crippen LogP contribution in [0.3, 0.4) is 0 Å². The molecule has 5 nitrogen and oxygen atoms in total. The Kier molecular flexibility index (Phi) is 5.35. The highest BCUT2D eigenvalue weighted by atomic mass is 32.2. The quantitative estimate of drug-likeness (QED) is 0.776. The SMILES string of the molecule is CC1(S(=O)(=O)n2ccc3c(CN4CCCCC45CCNCC5)cccc32)C=CC=CC1. The first-order valence-electron chi connectivity index (χ1n) is 11.6. The lowest BCUT2D eigenvalue weighted by atomic mass is 9.79. The molecular weight excluding hydrogens is 406 g/mol. The van der Waals surface area contributed by atoms with Crippen LogP contribution in [0.25, 0.3) is 10.9 Å². The number of piperidine rings is 2. The molecule has 2 aromatic rings. The van der Waals surface area contributed by atoms with Crippen LogP contribution in [0.1, 0.15) is 51.0 Å². The zero-order valence-corrected chi connectivity index (χ0v) is 19.2. The lowest BCUT2D eigenvalue weighted by Gasteiger charge is -2.50. The number of rotatable bonds is 4. The Hall–Kier alpha value is -1.89. The molecular formula is C25H33N3O2S. The lowest BCUT2D eigenvalue weighted by molar-refractivity contribution is 0.0140. The third-order valence-corrected chi connectivity index (χ3v) is 10.1. The first-order chi connectivity index (χ1) is 15.0. The summed E-state index contributed by atoms with van der Waals surface area (Å²) in [5.74, 6) is 0. The number of likely N-dealkylation sites (tertiary alicyclic amines) is 1. The molecule has 3 heterocycles. The van der Waals surface area contributed by atoms with Crippen molar-refractivity contribution in [3.05, 3.63) is 60.3 Å². The van der Waals surface area contributed by atoms with Gasteiger partial charge in [0, 0.05) is 23.7 Å². The smallest absolute Gasteiger partial charge is 0.248 e. The Labute approximate surface area is 185 Å². The van der Waals surface area contributed by atoms with Gasteiger partial charge in [-0.25, -0.2) is 12.4 Å². The highest BCUT2D eigenvalue weighted by Gasteiger charge is 2.40. The number of nitrogens with zero attached hydrogens (tertiary/aromatic N) is 2. The van der Waals surface area contributed by atoms with Crippen molar-refractivity contribution in [1.29, 1.82) is 0 Å². The maximum absolute atomic E-state index is 13.6. The molecule has 0 saturated carbocycles. The largest absolute Gasteiger partial charge is 0.317 e. The van der Waals surface area contributed by atoms with Crippen molar-refractivity contribution in [2.75, 3.05) is 19.6 Å². The van der Waals surface area contributed by atoms with Gasteiger partial charge in [0.05, 0.1) is 5.52 Å². The molecule has 2 fully saturated rings. The van der Waals surface area contributed by atoms with E-state index in [4.69, 9.17) is 0 Å². The summed E-state index contributed by atoms with van der Waals surface area (Å²) in [6.07, 6.45) is 16.0. The molecule has 1 atom stereocenters. The summed E-state index contributed by atoms with van der Waals surface area (Å²) in [4.78, 5) is 2.69. The summed E-state index contributed by atoms with van der Waals surface area (Å²) >= 11 is 0. The van der Waals surface area contributed by atoms with Gasteiger partial charge in [0.2, 0.25) is 10.0 Å². The minimum Gasteiger partial charge on any atom is -0.317 e. The van der Waals surface area contributed by atoms with Gasteiger partial charge >= 0.3 is 0 Å². The van der Waals surface area contributed by atoms with Crippen molar-refractivity contribution >= 4 is 20.9 Å². The van der Waals surface area contributed by atoms with Gasteiger partial charge in [-0.1, -0.05) is 42.9 Å². The molecule has 1 aromatic heterocycles. The zero-order chi connectivity index (χ0) is 21.5. The Balaban J connectivity index is 1.50. The Morgan fingerprint density at radius 3 is 2.68 bits per heavy atom. The molecule has 0 bridgehead atoms. The van der Waals surface area contributed by atoms with Gasteiger partial charge in [-0.05, 0) is 76.4 Å². The normalized spacial score (nSPS) is 26.6. The average Bonchev–Trinajstić information content (AvgIpc) is 3.22. The standard InChI is InChI=1S/C25H33N3O2S/c1-24(11-3-2-4-12-24)31(29,30)28-19-10-22-21(8-7-9-23(22)28)20-27-18-6-5-13-25(27)14-16-26-17-15-25/h2-4,7-11,19,26H,5-6,12-18,20H2,1H3. The Morgan fingerprint density at radius 1 is 1.06 bits per heavy atom. The first kappa shape index (κ1) is 21.0. The second-order valence-corrected chi connectivity index (χ2v) is 11.9. The maximum Gasteiger partial charge on any atom is 0.248 e. The van der Waals surface area contributed by atoms with E-state index in [-0.39, 0.29) is 0 Å². The number of nitrogens with one attached hydrogen (secondary N) is 1. The van der Waals surface area contributed by atoms with Crippen LogP contribution in [0, 0.1) is 0 Å². The van der Waals surface area contributed by atoms with Crippen LogP contribution in [0.4, 0.5) is 0 Å². The van der Waals surface area contributed by atoms with E-state index in [1.807, 2.05) is 49.4 Å². The van der Waals surface area contributed by atoms with Gasteiger partial charge in [0.25, 0.3) is 0 Å². The fourth-order valence-corrected chi connectivity index (χ4v) is 7.39. The summed E-state index contributed by atoms with van der Waals surface area (Å²) in [5.41, 5.74) is 2.32. The topological polar surface area (TPSA) is 54.3 Å². The molecule has 31 heavy (non-hydrogen) atoms. The molecule has 2 saturated heterocycles. The van der Waals surface area contributed by atoms with E-state index in [0.29, 0.717) is 12.0 Å². The Morgan fingerprint density at radius 2 is 1.90 bits per heavy atom. The molecule has 1 spiro atoms. The zero-order valence-electron chi connectivity index (χ0n) is 18.4. The van der Waals surface area contributed by atoms with Crippen LogP contribution < -0.4 is 5.32 Å². The van der Waals surface area contributed by atoms with Crippen LogP contribution in [0.15, 0.2) is 54.8 Å². The second-order valence-electron chi connectivity index (χ2n) is 9.62.